The maximum atomic E-state index is 5.65. The van der Waals surface area contributed by atoms with Crippen LogP contribution in [0, 0.1) is 0 Å². The van der Waals surface area contributed by atoms with Gasteiger partial charge in [-0.25, -0.2) is 0 Å². The standard InChI is InChI=1S/C11H26O6P2S4/c1-9(15-7-11(3)17-19(22,23)13-5)6-14-10(2)8-16-18(20,21)12-4/h9-11H,6-8H2,1-5H3,(H,20,21)(H,22,23). The molecule has 5 unspecified atom stereocenters. The lowest BCUT2D eigenvalue weighted by molar-refractivity contribution is -0.0564. The van der Waals surface area contributed by atoms with Gasteiger partial charge in [0.2, 0.25) is 11.4 Å². The molecule has 0 fully saturated rings. The summed E-state index contributed by atoms with van der Waals surface area (Å²) in [5.41, 5.74) is -4.92. The van der Waals surface area contributed by atoms with Gasteiger partial charge in [-0.2, -0.15) is 0 Å². The zero-order chi connectivity index (χ0) is 18.1. The molecule has 140 valence electrons. The van der Waals surface area contributed by atoms with E-state index in [1.165, 1.54) is 14.2 Å². The largest absolute Gasteiger partial charge is 0.373 e. The summed E-state index contributed by atoms with van der Waals surface area (Å²) in [5.74, 6) is 0. The molecule has 0 radical (unpaired) electrons. The van der Waals surface area contributed by atoms with Crippen molar-refractivity contribution in [2.75, 3.05) is 34.0 Å². The highest BCUT2D eigenvalue weighted by atomic mass is 32.9. The fourth-order valence-electron chi connectivity index (χ4n) is 1.25. The zero-order valence-corrected chi connectivity index (χ0v) is 19.1. The van der Waals surface area contributed by atoms with Crippen LogP contribution < -0.4 is 0 Å². The van der Waals surface area contributed by atoms with Crippen molar-refractivity contribution >= 4 is 59.5 Å². The lowest BCUT2D eigenvalue weighted by Crippen LogP contribution is -2.26. The summed E-state index contributed by atoms with van der Waals surface area (Å²) in [7, 11) is 2.96. The number of rotatable bonds is 13. The maximum absolute atomic E-state index is 5.65. The van der Waals surface area contributed by atoms with E-state index >= 15 is 0 Å². The molecule has 0 bridgehead atoms. The molecule has 0 aromatic heterocycles. The summed E-state index contributed by atoms with van der Waals surface area (Å²) < 4.78 is 32.2. The average molecular weight is 445 g/mol. The van der Waals surface area contributed by atoms with Crippen molar-refractivity contribution in [2.24, 2.45) is 0 Å². The molecule has 0 N–H and O–H groups in total. The van der Waals surface area contributed by atoms with Gasteiger partial charge in [-0.05, 0) is 44.4 Å². The maximum Gasteiger partial charge on any atom is 0.244 e. The van der Waals surface area contributed by atoms with Crippen LogP contribution in [0.2, 0.25) is 0 Å². The molecule has 0 spiro atoms. The molecular formula is C11H26O6P2S4. The summed E-state index contributed by atoms with van der Waals surface area (Å²) in [4.78, 5) is 0. The van der Waals surface area contributed by atoms with Crippen molar-refractivity contribution in [3.05, 3.63) is 0 Å². The highest BCUT2D eigenvalue weighted by Crippen LogP contribution is 2.53. The Morgan fingerprint density at radius 2 is 1.22 bits per heavy atom. The van der Waals surface area contributed by atoms with E-state index in [0.717, 1.165) is 0 Å². The van der Waals surface area contributed by atoms with Gasteiger partial charge < -0.3 is 27.6 Å². The lowest BCUT2D eigenvalue weighted by atomic mass is 10.4. The van der Waals surface area contributed by atoms with E-state index in [2.05, 4.69) is 24.5 Å². The van der Waals surface area contributed by atoms with E-state index in [1.54, 1.807) is 0 Å². The topological polar surface area (TPSA) is 55.4 Å². The fourth-order valence-corrected chi connectivity index (χ4v) is 3.66. The second-order valence-electron chi connectivity index (χ2n) is 4.80. The summed E-state index contributed by atoms with van der Waals surface area (Å²) >= 11 is 18.4. The normalized spacial score (nSPS) is 21.2. The van der Waals surface area contributed by atoms with E-state index in [4.69, 9.17) is 51.2 Å². The molecule has 0 aromatic rings. The number of hydrogen-bond donors (Lipinski definition) is 2. The summed E-state index contributed by atoms with van der Waals surface area (Å²) in [6.07, 6.45) is -0.459. The molecule has 0 saturated heterocycles. The van der Waals surface area contributed by atoms with Crippen LogP contribution >= 0.6 is 35.9 Å². The van der Waals surface area contributed by atoms with Crippen molar-refractivity contribution in [2.45, 2.75) is 39.1 Å². The molecule has 0 aliphatic heterocycles. The van der Waals surface area contributed by atoms with Crippen LogP contribution in [0.3, 0.4) is 0 Å². The molecule has 0 aromatic carbocycles. The van der Waals surface area contributed by atoms with Gasteiger partial charge in [0.05, 0.1) is 38.1 Å². The van der Waals surface area contributed by atoms with Crippen molar-refractivity contribution in [1.29, 1.82) is 0 Å². The average Bonchev–Trinajstić information content (AvgIpc) is 2.48. The Morgan fingerprint density at radius 1 is 0.783 bits per heavy atom. The molecule has 0 aliphatic rings. The minimum Gasteiger partial charge on any atom is -0.373 e. The van der Waals surface area contributed by atoms with E-state index in [-0.39, 0.29) is 18.3 Å². The molecule has 12 heteroatoms. The number of hydrogen-bond acceptors (Lipinski definition) is 8. The first kappa shape index (κ1) is 24.8. The Bertz CT molecular complexity index is 427. The predicted octanol–water partition coefficient (Wildman–Crippen LogP) is 3.82. The van der Waals surface area contributed by atoms with Gasteiger partial charge in [0.1, 0.15) is 0 Å². The van der Waals surface area contributed by atoms with Crippen molar-refractivity contribution in [3.63, 3.8) is 0 Å². The molecule has 5 atom stereocenters. The Balaban J connectivity index is 3.92. The molecule has 6 nitrogen and oxygen atoms in total. The summed E-state index contributed by atoms with van der Waals surface area (Å²) in [6.45, 7) is 6.75. The van der Waals surface area contributed by atoms with Crippen molar-refractivity contribution < 1.29 is 27.6 Å². The van der Waals surface area contributed by atoms with Gasteiger partial charge in [-0.15, -0.1) is 0 Å². The second-order valence-corrected chi connectivity index (χ2v) is 15.5. The van der Waals surface area contributed by atoms with Crippen molar-refractivity contribution in [3.8, 4) is 0 Å². The third-order valence-corrected chi connectivity index (χ3v) is 7.58. The molecule has 0 saturated carbocycles. The predicted molar refractivity (Wildman–Crippen MR) is 108 cm³/mol. The van der Waals surface area contributed by atoms with E-state index in [0.29, 0.717) is 19.8 Å². The van der Waals surface area contributed by atoms with Crippen LogP contribution in [0.4, 0.5) is 0 Å². The minimum atomic E-state index is -2.47. The van der Waals surface area contributed by atoms with Gasteiger partial charge in [0, 0.05) is 14.2 Å². The van der Waals surface area contributed by atoms with Gasteiger partial charge in [-0.3, -0.25) is 0 Å². The van der Waals surface area contributed by atoms with Gasteiger partial charge in [0.15, 0.2) is 0 Å². The van der Waals surface area contributed by atoms with Gasteiger partial charge >= 0.3 is 0 Å². The quantitative estimate of drug-likeness (QED) is 0.329. The van der Waals surface area contributed by atoms with Crippen LogP contribution in [-0.4, -0.2) is 52.4 Å². The fraction of sp³-hybridized carbons (Fsp3) is 1.00. The van der Waals surface area contributed by atoms with E-state index < -0.39 is 11.4 Å². The molecule has 0 amide bonds. The van der Waals surface area contributed by atoms with Gasteiger partial charge in [0.25, 0.3) is 0 Å². The summed E-state index contributed by atoms with van der Waals surface area (Å²) in [5, 5.41) is 0. The Kier molecular flexibility index (Phi) is 13.1. The Labute approximate surface area is 159 Å². The van der Waals surface area contributed by atoms with Gasteiger partial charge in [-0.1, -0.05) is 24.5 Å². The highest BCUT2D eigenvalue weighted by molar-refractivity contribution is 8.60. The third-order valence-electron chi connectivity index (χ3n) is 2.48. The Hall–Kier alpha value is 1.76. The van der Waals surface area contributed by atoms with Crippen LogP contribution in [0.25, 0.3) is 0 Å². The molecule has 0 aliphatic carbocycles. The second kappa shape index (κ2) is 12.2. The first-order valence-electron chi connectivity index (χ1n) is 6.84. The van der Waals surface area contributed by atoms with Crippen LogP contribution in [0.5, 0.6) is 0 Å². The number of ether oxygens (including phenoxy) is 2. The SMILES string of the molecule is COP(=S)(S)OCC(C)OCC(C)OCC(C)OP(=S)(S)OC. The summed E-state index contributed by atoms with van der Waals surface area (Å²) in [6, 6.07) is 0. The monoisotopic (exact) mass is 444 g/mol. The van der Waals surface area contributed by atoms with E-state index in [9.17, 15) is 0 Å². The first-order valence-corrected chi connectivity index (χ1v) is 14.4. The zero-order valence-electron chi connectivity index (χ0n) is 13.9. The minimum absolute atomic E-state index is 0.106. The Morgan fingerprint density at radius 3 is 1.70 bits per heavy atom. The van der Waals surface area contributed by atoms with Crippen LogP contribution in [0.1, 0.15) is 20.8 Å². The molecule has 0 heterocycles. The molecule has 0 rings (SSSR count). The van der Waals surface area contributed by atoms with Crippen LogP contribution in [0.15, 0.2) is 0 Å². The highest BCUT2D eigenvalue weighted by Gasteiger charge is 2.18. The van der Waals surface area contributed by atoms with E-state index in [1.807, 2.05) is 20.8 Å². The third kappa shape index (κ3) is 13.6. The molecule has 23 heavy (non-hydrogen) atoms. The van der Waals surface area contributed by atoms with Crippen LogP contribution in [-0.2, 0) is 51.2 Å². The molecular weight excluding hydrogens is 418 g/mol. The first-order chi connectivity index (χ1) is 10.5. The number of thiol groups is 2. The lowest BCUT2D eigenvalue weighted by Gasteiger charge is -2.23. The smallest absolute Gasteiger partial charge is 0.244 e. The van der Waals surface area contributed by atoms with Crippen molar-refractivity contribution in [1.82, 2.24) is 0 Å².